The summed E-state index contributed by atoms with van der Waals surface area (Å²) in [5.74, 6) is -0.476. The summed E-state index contributed by atoms with van der Waals surface area (Å²) in [5, 5.41) is 2.75. The number of methoxy groups -OCH3 is 1. The molecule has 2 aromatic carbocycles. The van der Waals surface area contributed by atoms with Crippen LogP contribution in [0.2, 0.25) is 0 Å². The first-order valence-electron chi connectivity index (χ1n) is 8.01. The van der Waals surface area contributed by atoms with E-state index in [1.807, 2.05) is 0 Å². The van der Waals surface area contributed by atoms with Gasteiger partial charge in [0.15, 0.2) is 11.4 Å². The van der Waals surface area contributed by atoms with Gasteiger partial charge in [-0.3, -0.25) is 14.2 Å². The normalized spacial score (nSPS) is 12.0. The third kappa shape index (κ3) is 3.23. The molecular formula is C19H18N2O5. The molecule has 7 heteroatoms. The Kier molecular flexibility index (Phi) is 4.62. The second-order valence-electron chi connectivity index (χ2n) is 5.87. The first-order valence-corrected chi connectivity index (χ1v) is 8.01. The highest BCUT2D eigenvalue weighted by Crippen LogP contribution is 2.21. The molecule has 0 aliphatic rings. The van der Waals surface area contributed by atoms with Crippen molar-refractivity contribution in [3.8, 4) is 5.75 Å². The minimum atomic E-state index is -0.797. The van der Waals surface area contributed by atoms with Crippen molar-refractivity contribution >= 4 is 28.5 Å². The summed E-state index contributed by atoms with van der Waals surface area (Å²) in [4.78, 5) is 36.2. The molecule has 1 amide bonds. The lowest BCUT2D eigenvalue weighted by Gasteiger charge is -2.13. The Hall–Kier alpha value is -3.35. The molecule has 0 radical (unpaired) electrons. The zero-order chi connectivity index (χ0) is 18.8. The van der Waals surface area contributed by atoms with Crippen LogP contribution in [-0.4, -0.2) is 23.4 Å². The van der Waals surface area contributed by atoms with Crippen molar-refractivity contribution in [2.45, 2.75) is 19.9 Å². The maximum atomic E-state index is 12.5. The molecule has 1 N–H and O–H groups in total. The largest absolute Gasteiger partial charge is 0.497 e. The lowest BCUT2D eigenvalue weighted by Crippen LogP contribution is -2.29. The van der Waals surface area contributed by atoms with Crippen LogP contribution < -0.4 is 15.8 Å². The lowest BCUT2D eigenvalue weighted by molar-refractivity contribution is -0.118. The highest BCUT2D eigenvalue weighted by atomic mass is 16.5. The standard InChI is InChI=1S/C19H18N2O5/c1-11(18(23)20-14-5-7-15(25-3)8-6-14)21-16-9-4-13(12(2)22)10-17(16)26-19(21)24/h4-11H,1-3H3,(H,20,23). The maximum absolute atomic E-state index is 12.5. The predicted octanol–water partition coefficient (Wildman–Crippen LogP) is 3.01. The van der Waals surface area contributed by atoms with E-state index >= 15 is 0 Å². The van der Waals surface area contributed by atoms with Gasteiger partial charge in [-0.05, 0) is 56.3 Å². The van der Waals surface area contributed by atoms with Gasteiger partial charge in [0.2, 0.25) is 5.91 Å². The van der Waals surface area contributed by atoms with Gasteiger partial charge in [-0.25, -0.2) is 4.79 Å². The highest BCUT2D eigenvalue weighted by molar-refractivity contribution is 5.98. The zero-order valence-corrected chi connectivity index (χ0v) is 14.6. The van der Waals surface area contributed by atoms with E-state index in [2.05, 4.69) is 5.32 Å². The van der Waals surface area contributed by atoms with Crippen molar-refractivity contribution in [1.29, 1.82) is 0 Å². The van der Waals surface area contributed by atoms with E-state index in [0.29, 0.717) is 22.5 Å². The Balaban J connectivity index is 1.89. The summed E-state index contributed by atoms with van der Waals surface area (Å²) < 4.78 is 11.5. The van der Waals surface area contributed by atoms with Gasteiger partial charge in [-0.1, -0.05) is 0 Å². The number of nitrogens with zero attached hydrogens (tertiary/aromatic N) is 1. The number of rotatable bonds is 5. The summed E-state index contributed by atoms with van der Waals surface area (Å²) in [6.07, 6.45) is 0. The Bertz CT molecular complexity index is 1030. The molecule has 1 atom stereocenters. The fraction of sp³-hybridized carbons (Fsp3) is 0.211. The maximum Gasteiger partial charge on any atom is 0.420 e. The molecule has 0 saturated heterocycles. The van der Waals surface area contributed by atoms with Gasteiger partial charge < -0.3 is 14.5 Å². The molecule has 1 unspecified atom stereocenters. The molecule has 0 bridgehead atoms. The number of hydrogen-bond acceptors (Lipinski definition) is 5. The molecule has 0 saturated carbocycles. The van der Waals surface area contributed by atoms with Crippen molar-refractivity contribution in [3.63, 3.8) is 0 Å². The number of aromatic nitrogens is 1. The van der Waals surface area contributed by atoms with Crippen molar-refractivity contribution in [2.24, 2.45) is 0 Å². The number of ether oxygens (including phenoxy) is 1. The van der Waals surface area contributed by atoms with Gasteiger partial charge in [0.25, 0.3) is 0 Å². The van der Waals surface area contributed by atoms with Crippen molar-refractivity contribution in [1.82, 2.24) is 4.57 Å². The number of oxazole rings is 1. The molecule has 1 heterocycles. The molecule has 1 aromatic heterocycles. The Labute approximate surface area is 149 Å². The molecule has 0 aliphatic carbocycles. The first kappa shape index (κ1) is 17.5. The molecule has 0 spiro atoms. The van der Waals surface area contributed by atoms with Crippen LogP contribution in [0.3, 0.4) is 0 Å². The summed E-state index contributed by atoms with van der Waals surface area (Å²) in [6, 6.07) is 10.8. The number of amides is 1. The van der Waals surface area contributed by atoms with Crippen LogP contribution >= 0.6 is 0 Å². The monoisotopic (exact) mass is 354 g/mol. The van der Waals surface area contributed by atoms with Crippen LogP contribution in [-0.2, 0) is 4.79 Å². The topological polar surface area (TPSA) is 90.5 Å². The number of Topliss-reactive ketones (excluding diaryl/α,β-unsaturated/α-hetero) is 1. The van der Waals surface area contributed by atoms with E-state index in [1.54, 1.807) is 50.4 Å². The fourth-order valence-corrected chi connectivity index (χ4v) is 2.66. The van der Waals surface area contributed by atoms with Gasteiger partial charge in [-0.2, -0.15) is 0 Å². The van der Waals surface area contributed by atoms with Gasteiger partial charge in [-0.15, -0.1) is 0 Å². The van der Waals surface area contributed by atoms with E-state index in [9.17, 15) is 14.4 Å². The summed E-state index contributed by atoms with van der Waals surface area (Å²) in [7, 11) is 1.56. The molecular weight excluding hydrogens is 336 g/mol. The highest BCUT2D eigenvalue weighted by Gasteiger charge is 2.22. The van der Waals surface area contributed by atoms with Gasteiger partial charge in [0.05, 0.1) is 12.6 Å². The van der Waals surface area contributed by atoms with Crippen LogP contribution in [0.25, 0.3) is 11.1 Å². The van der Waals surface area contributed by atoms with Crippen molar-refractivity contribution < 1.29 is 18.7 Å². The SMILES string of the molecule is COc1ccc(NC(=O)C(C)n2c(=O)oc3cc(C(C)=O)ccc32)cc1. The molecule has 134 valence electrons. The Morgan fingerprint density at radius 1 is 1.15 bits per heavy atom. The minimum Gasteiger partial charge on any atom is -0.497 e. The molecule has 0 aliphatic heterocycles. The van der Waals surface area contributed by atoms with Gasteiger partial charge in [0, 0.05) is 11.3 Å². The van der Waals surface area contributed by atoms with Crippen LogP contribution in [0, 0.1) is 0 Å². The van der Waals surface area contributed by atoms with E-state index in [-0.39, 0.29) is 17.3 Å². The number of hydrogen-bond donors (Lipinski definition) is 1. The number of nitrogens with one attached hydrogen (secondary N) is 1. The molecule has 7 nitrogen and oxygen atoms in total. The quantitative estimate of drug-likeness (QED) is 0.711. The third-order valence-corrected chi connectivity index (χ3v) is 4.14. The zero-order valence-electron chi connectivity index (χ0n) is 14.6. The smallest absolute Gasteiger partial charge is 0.420 e. The Morgan fingerprint density at radius 3 is 2.46 bits per heavy atom. The van der Waals surface area contributed by atoms with E-state index in [4.69, 9.17) is 9.15 Å². The second-order valence-corrected chi connectivity index (χ2v) is 5.87. The van der Waals surface area contributed by atoms with E-state index in [1.165, 1.54) is 17.6 Å². The minimum absolute atomic E-state index is 0.132. The van der Waals surface area contributed by atoms with Crippen LogP contribution in [0.1, 0.15) is 30.2 Å². The predicted molar refractivity (Wildman–Crippen MR) is 96.8 cm³/mol. The second kappa shape index (κ2) is 6.87. The Morgan fingerprint density at radius 2 is 1.85 bits per heavy atom. The van der Waals surface area contributed by atoms with E-state index < -0.39 is 11.8 Å². The number of ketones is 1. The van der Waals surface area contributed by atoms with E-state index in [0.717, 1.165) is 0 Å². The summed E-state index contributed by atoms with van der Waals surface area (Å²) in [5.41, 5.74) is 1.75. The van der Waals surface area contributed by atoms with Crippen LogP contribution in [0.15, 0.2) is 51.7 Å². The van der Waals surface area contributed by atoms with Gasteiger partial charge in [0.1, 0.15) is 11.8 Å². The van der Waals surface area contributed by atoms with Crippen molar-refractivity contribution in [2.75, 3.05) is 12.4 Å². The molecule has 3 aromatic rings. The average molecular weight is 354 g/mol. The number of anilines is 1. The van der Waals surface area contributed by atoms with Crippen LogP contribution in [0.4, 0.5) is 5.69 Å². The summed E-state index contributed by atoms with van der Waals surface area (Å²) in [6.45, 7) is 3.04. The third-order valence-electron chi connectivity index (χ3n) is 4.14. The first-order chi connectivity index (χ1) is 12.4. The van der Waals surface area contributed by atoms with Gasteiger partial charge >= 0.3 is 5.76 Å². The molecule has 0 fully saturated rings. The summed E-state index contributed by atoms with van der Waals surface area (Å²) >= 11 is 0. The molecule has 26 heavy (non-hydrogen) atoms. The fourth-order valence-electron chi connectivity index (χ4n) is 2.66. The van der Waals surface area contributed by atoms with Crippen molar-refractivity contribution in [3.05, 3.63) is 58.6 Å². The average Bonchev–Trinajstić information content (AvgIpc) is 2.96. The molecule has 3 rings (SSSR count). The number of benzene rings is 2. The number of fused-ring (bicyclic) bond motifs is 1. The number of carbonyl (C=O) groups excluding carboxylic acids is 2. The number of carbonyl (C=O) groups is 2. The van der Waals surface area contributed by atoms with Crippen LogP contribution in [0.5, 0.6) is 5.75 Å². The lowest BCUT2D eigenvalue weighted by atomic mass is 10.1.